The van der Waals surface area contributed by atoms with Gasteiger partial charge in [-0.3, -0.25) is 9.52 Å². The van der Waals surface area contributed by atoms with Crippen LogP contribution >= 0.6 is 11.6 Å². The molecule has 0 bridgehead atoms. The van der Waals surface area contributed by atoms with Gasteiger partial charge < -0.3 is 4.98 Å². The fourth-order valence-corrected chi connectivity index (χ4v) is 3.35. The second kappa shape index (κ2) is 7.24. The molecule has 3 rings (SSSR count). The van der Waals surface area contributed by atoms with Crippen molar-refractivity contribution < 1.29 is 28.8 Å². The highest BCUT2D eigenvalue weighted by Crippen LogP contribution is 2.28. The van der Waals surface area contributed by atoms with Crippen LogP contribution in [0.15, 0.2) is 30.6 Å². The molecule has 6 nitrogen and oxygen atoms in total. The predicted octanol–water partition coefficient (Wildman–Crippen LogP) is 3.88. The molecule has 0 spiro atoms. The van der Waals surface area contributed by atoms with Crippen LogP contribution in [0.5, 0.6) is 0 Å². The Bertz CT molecular complexity index is 1330. The number of carbonyl (C=O) groups excluding carboxylic acids is 1. The number of benzene rings is 1. The van der Waals surface area contributed by atoms with E-state index in [-0.39, 0.29) is 21.6 Å². The molecule has 0 aliphatic rings. The molecule has 2 heterocycles. The number of nitrogens with zero attached hydrogens (tertiary/aromatic N) is 1. The average molecular weight is 419 g/mol. The zero-order valence-corrected chi connectivity index (χ0v) is 14.9. The van der Waals surface area contributed by atoms with Gasteiger partial charge in [-0.2, -0.15) is 0 Å². The van der Waals surface area contributed by atoms with E-state index >= 15 is 4.39 Å². The van der Waals surface area contributed by atoms with E-state index in [0.29, 0.717) is 12.1 Å². The molecule has 0 saturated heterocycles. The normalized spacial score (nSPS) is 15.4. The first-order valence-corrected chi connectivity index (χ1v) is 9.32. The predicted molar refractivity (Wildman–Crippen MR) is 98.6 cm³/mol. The van der Waals surface area contributed by atoms with E-state index in [9.17, 15) is 17.6 Å². The molecule has 0 unspecified atom stereocenters. The van der Waals surface area contributed by atoms with E-state index in [1.54, 1.807) is 4.72 Å². The molecular weight excluding hydrogens is 400 g/mol. The Morgan fingerprint density at radius 1 is 1.44 bits per heavy atom. The zero-order chi connectivity index (χ0) is 24.1. The largest absolute Gasteiger partial charge is 0.345 e. The van der Waals surface area contributed by atoms with Crippen LogP contribution in [-0.2, 0) is 10.0 Å². The number of hydrogen-bond acceptors (Lipinski definition) is 4. The maximum Gasteiger partial charge on any atom is 0.232 e. The standard InChI is InChI=1S/C17H14ClF2N3O3S/c1-2-5-27(25,26)23-13-4-3-12(19)14(15(13)20)16(24)11-8-22-17-10(11)6-9(18)7-21-17/h3-4,6-8,23H,2,5H2,1H3,(H,21,22)/i1D3,2D2. The summed E-state index contributed by atoms with van der Waals surface area (Å²) in [4.78, 5) is 19.5. The molecule has 1 aromatic carbocycles. The van der Waals surface area contributed by atoms with Gasteiger partial charge in [0.2, 0.25) is 15.8 Å². The Kier molecular flexibility index (Phi) is 3.65. The van der Waals surface area contributed by atoms with Gasteiger partial charge in [-0.05, 0) is 24.6 Å². The molecule has 2 N–H and O–H groups in total. The number of fused-ring (bicyclic) bond motifs is 1. The number of aromatic amines is 1. The molecular formula is C17H14ClF2N3O3S. The molecule has 0 amide bonds. The van der Waals surface area contributed by atoms with Crippen molar-refractivity contribution in [1.82, 2.24) is 9.97 Å². The summed E-state index contributed by atoms with van der Waals surface area (Å²) in [6, 6.07) is 2.69. The van der Waals surface area contributed by atoms with E-state index in [2.05, 4.69) is 9.97 Å². The molecule has 0 fully saturated rings. The molecule has 0 aliphatic carbocycles. The number of carbonyl (C=O) groups is 1. The number of rotatable bonds is 6. The quantitative estimate of drug-likeness (QED) is 0.594. The fourth-order valence-electron chi connectivity index (χ4n) is 2.44. The highest BCUT2D eigenvalue weighted by atomic mass is 35.5. The highest BCUT2D eigenvalue weighted by Gasteiger charge is 2.25. The number of nitrogens with one attached hydrogen (secondary N) is 2. The van der Waals surface area contributed by atoms with Gasteiger partial charge in [-0.1, -0.05) is 18.5 Å². The molecule has 10 heteroatoms. The van der Waals surface area contributed by atoms with Crippen LogP contribution in [-0.4, -0.2) is 29.9 Å². The maximum atomic E-state index is 15.0. The second-order valence-electron chi connectivity index (χ2n) is 5.40. The lowest BCUT2D eigenvalue weighted by Gasteiger charge is -2.11. The van der Waals surface area contributed by atoms with E-state index in [1.165, 1.54) is 12.3 Å². The molecule has 0 saturated carbocycles. The van der Waals surface area contributed by atoms with Crippen molar-refractivity contribution in [2.45, 2.75) is 13.2 Å². The third-order valence-corrected chi connectivity index (χ3v) is 4.85. The third-order valence-electron chi connectivity index (χ3n) is 3.59. The Balaban J connectivity index is 2.00. The number of halogens is 3. The summed E-state index contributed by atoms with van der Waals surface area (Å²) in [5, 5.41) is 0.343. The average Bonchev–Trinajstić information content (AvgIpc) is 3.05. The van der Waals surface area contributed by atoms with E-state index < -0.39 is 57.7 Å². The molecule has 27 heavy (non-hydrogen) atoms. The summed E-state index contributed by atoms with van der Waals surface area (Å²) in [5.41, 5.74) is -1.88. The minimum Gasteiger partial charge on any atom is -0.345 e. The number of ketones is 1. The van der Waals surface area contributed by atoms with Gasteiger partial charge in [-0.25, -0.2) is 22.2 Å². The van der Waals surface area contributed by atoms with Crippen LogP contribution in [0.2, 0.25) is 5.02 Å². The van der Waals surface area contributed by atoms with Crippen LogP contribution in [0.4, 0.5) is 14.5 Å². The summed E-state index contributed by atoms with van der Waals surface area (Å²) in [6.07, 6.45) is -0.690. The van der Waals surface area contributed by atoms with Crippen molar-refractivity contribution in [1.29, 1.82) is 0 Å². The number of hydrogen-bond donors (Lipinski definition) is 2. The maximum absolute atomic E-state index is 15.0. The van der Waals surface area contributed by atoms with Gasteiger partial charge in [0.15, 0.2) is 5.82 Å². The first-order valence-electron chi connectivity index (χ1n) is 9.79. The smallest absolute Gasteiger partial charge is 0.232 e. The molecule has 0 radical (unpaired) electrons. The van der Waals surface area contributed by atoms with Crippen molar-refractivity contribution in [3.8, 4) is 0 Å². The number of H-pyrrole nitrogens is 1. The monoisotopic (exact) mass is 418 g/mol. The molecule has 3 aromatic rings. The minimum atomic E-state index is -4.74. The first kappa shape index (κ1) is 13.6. The Labute approximate surface area is 165 Å². The lowest BCUT2D eigenvalue weighted by Crippen LogP contribution is -2.18. The zero-order valence-electron chi connectivity index (χ0n) is 18.3. The minimum absolute atomic E-state index is 0.164. The Hall–Kier alpha value is -2.52. The Morgan fingerprint density at radius 3 is 2.96 bits per heavy atom. The molecule has 142 valence electrons. The summed E-state index contributed by atoms with van der Waals surface area (Å²) in [6.45, 7) is -3.27. The molecule has 0 atom stereocenters. The lowest BCUT2D eigenvalue weighted by atomic mass is 10.0. The van der Waals surface area contributed by atoms with Gasteiger partial charge in [0.25, 0.3) is 0 Å². The van der Waals surface area contributed by atoms with Crippen LogP contribution in [0.1, 0.15) is 36.0 Å². The van der Waals surface area contributed by atoms with Crippen LogP contribution in [0, 0.1) is 11.6 Å². The highest BCUT2D eigenvalue weighted by molar-refractivity contribution is 7.92. The van der Waals surface area contributed by atoms with Crippen molar-refractivity contribution in [3.05, 3.63) is 58.4 Å². The van der Waals surface area contributed by atoms with E-state index in [0.717, 1.165) is 6.20 Å². The van der Waals surface area contributed by atoms with Crippen LogP contribution in [0.3, 0.4) is 0 Å². The Morgan fingerprint density at radius 2 is 2.22 bits per heavy atom. The topological polar surface area (TPSA) is 91.9 Å². The van der Waals surface area contributed by atoms with Crippen molar-refractivity contribution >= 4 is 44.1 Å². The summed E-state index contributed by atoms with van der Waals surface area (Å²) in [7, 11) is -4.74. The third kappa shape index (κ3) is 3.79. The van der Waals surface area contributed by atoms with Crippen LogP contribution in [0.25, 0.3) is 11.0 Å². The van der Waals surface area contributed by atoms with Gasteiger partial charge in [0, 0.05) is 30.2 Å². The summed E-state index contributed by atoms with van der Waals surface area (Å²) >= 11 is 5.86. The van der Waals surface area contributed by atoms with Crippen molar-refractivity contribution in [2.75, 3.05) is 10.5 Å². The SMILES string of the molecule is [2H]C([2H])([2H])C([2H])([2H])CS(=O)(=O)Nc1ccc(F)c(C(=O)c2c[nH]c3ncc(Cl)cc23)c1F. The van der Waals surface area contributed by atoms with Gasteiger partial charge in [0.1, 0.15) is 11.5 Å². The molecule has 0 aliphatic heterocycles. The summed E-state index contributed by atoms with van der Waals surface area (Å²) in [5.74, 6) is -5.49. The number of anilines is 1. The van der Waals surface area contributed by atoms with Gasteiger partial charge in [-0.15, -0.1) is 0 Å². The van der Waals surface area contributed by atoms with Gasteiger partial charge >= 0.3 is 0 Å². The first-order chi connectivity index (χ1) is 14.6. The fraction of sp³-hybridized carbons (Fsp3) is 0.176. The number of aromatic nitrogens is 2. The van der Waals surface area contributed by atoms with E-state index in [4.69, 9.17) is 18.5 Å². The van der Waals surface area contributed by atoms with Crippen molar-refractivity contribution in [3.63, 3.8) is 0 Å². The van der Waals surface area contributed by atoms with Crippen molar-refractivity contribution in [2.24, 2.45) is 0 Å². The number of sulfonamides is 1. The summed E-state index contributed by atoms with van der Waals surface area (Å²) < 4.78 is 91.7. The van der Waals surface area contributed by atoms with E-state index in [1.807, 2.05) is 0 Å². The van der Waals surface area contributed by atoms with Crippen LogP contribution < -0.4 is 4.72 Å². The number of pyridine rings is 1. The van der Waals surface area contributed by atoms with Gasteiger partial charge in [0.05, 0.1) is 22.0 Å². The molecule has 2 aromatic heterocycles. The lowest BCUT2D eigenvalue weighted by molar-refractivity contribution is 0.103. The second-order valence-corrected chi connectivity index (χ2v) is 7.56.